The molecule has 0 radical (unpaired) electrons. The van der Waals surface area contributed by atoms with E-state index in [-0.39, 0.29) is 11.5 Å². The van der Waals surface area contributed by atoms with E-state index in [1.54, 1.807) is 12.1 Å². The van der Waals surface area contributed by atoms with Gasteiger partial charge in [0.05, 0.1) is 11.6 Å². The van der Waals surface area contributed by atoms with Crippen LogP contribution in [-0.2, 0) is 6.54 Å². The molecule has 18 heavy (non-hydrogen) atoms. The van der Waals surface area contributed by atoms with E-state index in [0.717, 1.165) is 31.5 Å². The first-order valence-corrected chi connectivity index (χ1v) is 6.03. The summed E-state index contributed by atoms with van der Waals surface area (Å²) in [5.41, 5.74) is 1.04. The first-order chi connectivity index (χ1) is 8.72. The van der Waals surface area contributed by atoms with Crippen molar-refractivity contribution in [2.45, 2.75) is 19.4 Å². The van der Waals surface area contributed by atoms with E-state index in [9.17, 15) is 4.39 Å². The molecule has 0 aromatic heterocycles. The van der Waals surface area contributed by atoms with Gasteiger partial charge in [-0.1, -0.05) is 6.07 Å². The summed E-state index contributed by atoms with van der Waals surface area (Å²) in [6.07, 6.45) is 1.78. The average molecular weight is 243 g/mol. The molecular formula is C14H14FN3. The Kier molecular flexibility index (Phi) is 3.92. The third kappa shape index (κ3) is 2.85. The molecule has 0 N–H and O–H groups in total. The minimum Gasteiger partial charge on any atom is -0.299 e. The molecule has 1 aromatic carbocycles. The number of nitriles is 2. The Morgan fingerprint density at radius 2 is 2.00 bits per heavy atom. The molecule has 0 unspecified atom stereocenters. The highest BCUT2D eigenvalue weighted by Gasteiger charge is 2.18. The number of hydrogen-bond acceptors (Lipinski definition) is 3. The minimum absolute atomic E-state index is 0.0967. The predicted molar refractivity (Wildman–Crippen MR) is 64.7 cm³/mol. The van der Waals surface area contributed by atoms with Crippen molar-refractivity contribution in [1.29, 1.82) is 10.5 Å². The van der Waals surface area contributed by atoms with E-state index in [1.165, 1.54) is 6.07 Å². The summed E-state index contributed by atoms with van der Waals surface area (Å²) in [4.78, 5) is 2.24. The Labute approximate surface area is 106 Å². The highest BCUT2D eigenvalue weighted by Crippen LogP contribution is 2.19. The van der Waals surface area contributed by atoms with Crippen molar-refractivity contribution in [2.24, 2.45) is 5.92 Å². The van der Waals surface area contributed by atoms with Crippen LogP contribution in [0.15, 0.2) is 18.2 Å². The Morgan fingerprint density at radius 1 is 1.28 bits per heavy atom. The Bertz CT molecular complexity index is 505. The number of rotatable bonds is 2. The van der Waals surface area contributed by atoms with Gasteiger partial charge < -0.3 is 0 Å². The van der Waals surface area contributed by atoms with Crippen LogP contribution in [0.1, 0.15) is 24.0 Å². The number of piperidine rings is 1. The lowest BCUT2D eigenvalue weighted by molar-refractivity contribution is 0.198. The summed E-state index contributed by atoms with van der Waals surface area (Å²) < 4.78 is 13.2. The number of halogens is 1. The van der Waals surface area contributed by atoms with Gasteiger partial charge in [-0.3, -0.25) is 4.90 Å². The molecule has 92 valence electrons. The highest BCUT2D eigenvalue weighted by molar-refractivity contribution is 5.34. The topological polar surface area (TPSA) is 50.8 Å². The van der Waals surface area contributed by atoms with Crippen LogP contribution < -0.4 is 0 Å². The quantitative estimate of drug-likeness (QED) is 0.801. The lowest BCUT2D eigenvalue weighted by Crippen LogP contribution is -2.32. The summed E-state index contributed by atoms with van der Waals surface area (Å²) in [7, 11) is 0. The smallest absolute Gasteiger partial charge is 0.140 e. The van der Waals surface area contributed by atoms with E-state index >= 15 is 0 Å². The van der Waals surface area contributed by atoms with Crippen LogP contribution in [0.4, 0.5) is 4.39 Å². The predicted octanol–water partition coefficient (Wildman–Crippen LogP) is 2.43. The summed E-state index contributed by atoms with van der Waals surface area (Å²) in [5, 5.41) is 17.6. The van der Waals surface area contributed by atoms with Gasteiger partial charge in [-0.15, -0.1) is 0 Å². The van der Waals surface area contributed by atoms with Crippen LogP contribution >= 0.6 is 0 Å². The monoisotopic (exact) mass is 243 g/mol. The second-order valence-corrected chi connectivity index (χ2v) is 4.61. The highest BCUT2D eigenvalue weighted by atomic mass is 19.1. The van der Waals surface area contributed by atoms with Gasteiger partial charge in [0.15, 0.2) is 0 Å². The number of likely N-dealkylation sites (tertiary alicyclic amines) is 1. The van der Waals surface area contributed by atoms with Gasteiger partial charge in [-0.25, -0.2) is 4.39 Å². The first kappa shape index (κ1) is 12.5. The molecule has 1 saturated heterocycles. The minimum atomic E-state index is -0.468. The second kappa shape index (κ2) is 5.62. The zero-order chi connectivity index (χ0) is 13.0. The average Bonchev–Trinajstić information content (AvgIpc) is 2.42. The molecule has 0 aliphatic carbocycles. The van der Waals surface area contributed by atoms with E-state index in [2.05, 4.69) is 11.0 Å². The molecule has 1 heterocycles. The number of benzene rings is 1. The van der Waals surface area contributed by atoms with Gasteiger partial charge in [0.25, 0.3) is 0 Å². The van der Waals surface area contributed by atoms with Gasteiger partial charge in [0.1, 0.15) is 11.9 Å². The summed E-state index contributed by atoms with van der Waals surface area (Å²) in [6.45, 7) is 2.49. The Morgan fingerprint density at radius 3 is 2.61 bits per heavy atom. The number of hydrogen-bond donors (Lipinski definition) is 0. The summed E-state index contributed by atoms with van der Waals surface area (Å²) in [5.74, 6) is -0.298. The fraction of sp³-hybridized carbons (Fsp3) is 0.429. The third-order valence-electron chi connectivity index (χ3n) is 3.33. The molecule has 4 heteroatoms. The van der Waals surface area contributed by atoms with Crippen molar-refractivity contribution < 1.29 is 4.39 Å². The maximum atomic E-state index is 13.2. The van der Waals surface area contributed by atoms with Gasteiger partial charge in [0, 0.05) is 12.5 Å². The number of nitrogens with zero attached hydrogens (tertiary/aromatic N) is 3. The molecule has 0 saturated carbocycles. The maximum absolute atomic E-state index is 13.2. The normalized spacial score (nSPS) is 17.1. The lowest BCUT2D eigenvalue weighted by Gasteiger charge is -2.29. The molecule has 0 amide bonds. The van der Waals surface area contributed by atoms with Gasteiger partial charge >= 0.3 is 0 Å². The fourth-order valence-corrected chi connectivity index (χ4v) is 2.23. The van der Waals surface area contributed by atoms with E-state index in [0.29, 0.717) is 6.54 Å². The molecule has 1 aliphatic rings. The molecule has 3 nitrogen and oxygen atoms in total. The second-order valence-electron chi connectivity index (χ2n) is 4.61. The van der Waals surface area contributed by atoms with Crippen molar-refractivity contribution in [1.82, 2.24) is 4.90 Å². The molecule has 1 aliphatic heterocycles. The lowest BCUT2D eigenvalue weighted by atomic mass is 9.98. The van der Waals surface area contributed by atoms with Crippen molar-refractivity contribution in [3.8, 4) is 12.1 Å². The Balaban J connectivity index is 1.99. The molecule has 1 aromatic rings. The molecule has 0 atom stereocenters. The molecule has 0 bridgehead atoms. The van der Waals surface area contributed by atoms with E-state index in [1.807, 2.05) is 6.07 Å². The van der Waals surface area contributed by atoms with Crippen LogP contribution in [0, 0.1) is 34.4 Å². The molecule has 0 spiro atoms. The zero-order valence-electron chi connectivity index (χ0n) is 10.1. The standard InChI is InChI=1S/C14H14FN3/c15-14-2-1-12(7-13(14)9-17)10-18-5-3-11(8-16)4-6-18/h1-2,7,11H,3-6,10H2. The molecule has 2 rings (SSSR count). The van der Waals surface area contributed by atoms with Crippen molar-refractivity contribution in [2.75, 3.05) is 13.1 Å². The van der Waals surface area contributed by atoms with Crippen molar-refractivity contribution >= 4 is 0 Å². The third-order valence-corrected chi connectivity index (χ3v) is 3.33. The summed E-state index contributed by atoms with van der Waals surface area (Å²) >= 11 is 0. The Hall–Kier alpha value is -1.91. The van der Waals surface area contributed by atoms with Crippen molar-refractivity contribution in [3.63, 3.8) is 0 Å². The van der Waals surface area contributed by atoms with Crippen LogP contribution in [0.5, 0.6) is 0 Å². The molecule has 1 fully saturated rings. The van der Waals surface area contributed by atoms with Gasteiger partial charge in [-0.05, 0) is 43.6 Å². The largest absolute Gasteiger partial charge is 0.299 e. The van der Waals surface area contributed by atoms with Crippen LogP contribution in [0.25, 0.3) is 0 Å². The summed E-state index contributed by atoms with van der Waals surface area (Å²) in [6, 6.07) is 8.81. The van der Waals surface area contributed by atoms with Crippen LogP contribution in [-0.4, -0.2) is 18.0 Å². The van der Waals surface area contributed by atoms with E-state index < -0.39 is 5.82 Å². The van der Waals surface area contributed by atoms with E-state index in [4.69, 9.17) is 10.5 Å². The molecular weight excluding hydrogens is 229 g/mol. The zero-order valence-corrected chi connectivity index (χ0v) is 10.1. The van der Waals surface area contributed by atoms with Crippen LogP contribution in [0.3, 0.4) is 0 Å². The maximum Gasteiger partial charge on any atom is 0.140 e. The van der Waals surface area contributed by atoms with Gasteiger partial charge in [-0.2, -0.15) is 10.5 Å². The first-order valence-electron chi connectivity index (χ1n) is 6.03. The fourth-order valence-electron chi connectivity index (χ4n) is 2.23. The van der Waals surface area contributed by atoms with Crippen LogP contribution in [0.2, 0.25) is 0 Å². The van der Waals surface area contributed by atoms with Crippen molar-refractivity contribution in [3.05, 3.63) is 35.1 Å². The van der Waals surface area contributed by atoms with Gasteiger partial charge in [0.2, 0.25) is 0 Å². The SMILES string of the molecule is N#Cc1cc(CN2CCC(C#N)CC2)ccc1F.